The number of nitrogens with one attached hydrogen (secondary N) is 1. The molecule has 45 heavy (non-hydrogen) atoms. The van der Waals surface area contributed by atoms with Gasteiger partial charge < -0.3 is 19.7 Å². The molecule has 0 spiro atoms. The molecule has 0 bridgehead atoms. The molecular formula is C35H45N3O6S. The molecule has 0 aromatic heterocycles. The Bertz CT molecular complexity index is 1500. The number of hydrogen-bond acceptors (Lipinski definition) is 6. The van der Waals surface area contributed by atoms with Crippen LogP contribution in [0.5, 0.6) is 11.5 Å². The lowest BCUT2D eigenvalue weighted by Crippen LogP contribution is -2.54. The SMILES string of the molecule is CCOc1ccc(N(CC(=O)N(Cc2ccc(OC)cc2)[C@H](CC)C(=O)NC2CCCCC2)S(=O)(=O)c2ccc(C)cc2)cc1. The first-order valence-corrected chi connectivity index (χ1v) is 17.1. The van der Waals surface area contributed by atoms with Gasteiger partial charge in [0, 0.05) is 12.6 Å². The van der Waals surface area contributed by atoms with E-state index in [1.165, 1.54) is 17.0 Å². The molecule has 242 valence electrons. The van der Waals surface area contributed by atoms with Crippen molar-refractivity contribution in [3.63, 3.8) is 0 Å². The number of carbonyl (C=O) groups is 2. The number of hydrogen-bond donors (Lipinski definition) is 1. The topological polar surface area (TPSA) is 105 Å². The van der Waals surface area contributed by atoms with E-state index in [2.05, 4.69) is 5.32 Å². The van der Waals surface area contributed by atoms with E-state index >= 15 is 0 Å². The maximum absolute atomic E-state index is 14.3. The van der Waals surface area contributed by atoms with Gasteiger partial charge in [-0.25, -0.2) is 8.42 Å². The first kappa shape index (κ1) is 33.8. The summed E-state index contributed by atoms with van der Waals surface area (Å²) < 4.78 is 40.2. The van der Waals surface area contributed by atoms with Gasteiger partial charge in [-0.1, -0.05) is 56.0 Å². The van der Waals surface area contributed by atoms with Gasteiger partial charge >= 0.3 is 0 Å². The van der Waals surface area contributed by atoms with E-state index in [0.29, 0.717) is 30.2 Å². The molecule has 9 nitrogen and oxygen atoms in total. The van der Waals surface area contributed by atoms with Crippen LogP contribution < -0.4 is 19.1 Å². The third-order valence-electron chi connectivity index (χ3n) is 8.17. The number of aryl methyl sites for hydroxylation is 1. The van der Waals surface area contributed by atoms with Crippen LogP contribution in [0, 0.1) is 6.92 Å². The van der Waals surface area contributed by atoms with Crippen LogP contribution in [0.1, 0.15) is 63.5 Å². The Kier molecular flexibility index (Phi) is 11.9. The molecule has 1 aliphatic carbocycles. The van der Waals surface area contributed by atoms with Gasteiger partial charge in [-0.15, -0.1) is 0 Å². The van der Waals surface area contributed by atoms with E-state index in [4.69, 9.17) is 9.47 Å². The maximum atomic E-state index is 14.3. The zero-order chi connectivity index (χ0) is 32.4. The summed E-state index contributed by atoms with van der Waals surface area (Å²) >= 11 is 0. The summed E-state index contributed by atoms with van der Waals surface area (Å²) in [6, 6.07) is 19.7. The van der Waals surface area contributed by atoms with Gasteiger partial charge in [-0.05, 0) is 87.2 Å². The molecule has 1 aliphatic rings. The summed E-state index contributed by atoms with van der Waals surface area (Å²) in [5.74, 6) is 0.553. The molecular weight excluding hydrogens is 590 g/mol. The third kappa shape index (κ3) is 8.78. The van der Waals surface area contributed by atoms with Crippen molar-refractivity contribution < 1.29 is 27.5 Å². The Morgan fingerprint density at radius 2 is 1.51 bits per heavy atom. The van der Waals surface area contributed by atoms with Crippen molar-refractivity contribution >= 4 is 27.5 Å². The summed E-state index contributed by atoms with van der Waals surface area (Å²) in [5, 5.41) is 3.18. The van der Waals surface area contributed by atoms with E-state index in [-0.39, 0.29) is 23.4 Å². The second-order valence-electron chi connectivity index (χ2n) is 11.4. The number of sulfonamides is 1. The van der Waals surface area contributed by atoms with Gasteiger partial charge in [0.1, 0.15) is 24.1 Å². The summed E-state index contributed by atoms with van der Waals surface area (Å²) in [7, 11) is -2.57. The van der Waals surface area contributed by atoms with Crippen LogP contribution in [-0.4, -0.2) is 57.5 Å². The molecule has 0 unspecified atom stereocenters. The minimum absolute atomic E-state index is 0.0681. The van der Waals surface area contributed by atoms with Crippen molar-refractivity contribution in [2.24, 2.45) is 0 Å². The van der Waals surface area contributed by atoms with Gasteiger partial charge in [0.15, 0.2) is 0 Å². The van der Waals surface area contributed by atoms with Gasteiger partial charge in [0.25, 0.3) is 10.0 Å². The Morgan fingerprint density at radius 3 is 2.09 bits per heavy atom. The van der Waals surface area contributed by atoms with Crippen LogP contribution in [0.15, 0.2) is 77.7 Å². The smallest absolute Gasteiger partial charge is 0.264 e. The van der Waals surface area contributed by atoms with Crippen LogP contribution >= 0.6 is 0 Å². The zero-order valence-electron chi connectivity index (χ0n) is 26.7. The molecule has 1 fully saturated rings. The van der Waals surface area contributed by atoms with Crippen molar-refractivity contribution in [1.29, 1.82) is 0 Å². The summed E-state index contributed by atoms with van der Waals surface area (Å²) in [6.45, 7) is 5.71. The predicted molar refractivity (Wildman–Crippen MR) is 176 cm³/mol. The highest BCUT2D eigenvalue weighted by Gasteiger charge is 2.34. The van der Waals surface area contributed by atoms with Crippen LogP contribution in [0.25, 0.3) is 0 Å². The summed E-state index contributed by atoms with van der Waals surface area (Å²) in [5.41, 5.74) is 2.02. The Morgan fingerprint density at radius 1 is 0.889 bits per heavy atom. The fourth-order valence-corrected chi connectivity index (χ4v) is 7.05. The monoisotopic (exact) mass is 635 g/mol. The lowest BCUT2D eigenvalue weighted by atomic mass is 9.95. The van der Waals surface area contributed by atoms with Crippen molar-refractivity contribution in [1.82, 2.24) is 10.2 Å². The summed E-state index contributed by atoms with van der Waals surface area (Å²) in [4.78, 5) is 29.6. The number of nitrogens with zero attached hydrogens (tertiary/aromatic N) is 2. The van der Waals surface area contributed by atoms with Gasteiger partial charge in [0.05, 0.1) is 24.3 Å². The summed E-state index contributed by atoms with van der Waals surface area (Å²) in [6.07, 6.45) is 5.47. The number of ether oxygens (including phenoxy) is 2. The molecule has 4 rings (SSSR count). The number of rotatable bonds is 14. The van der Waals surface area contributed by atoms with Crippen LogP contribution in [-0.2, 0) is 26.2 Å². The van der Waals surface area contributed by atoms with E-state index in [1.54, 1.807) is 55.6 Å². The maximum Gasteiger partial charge on any atom is 0.264 e. The number of amides is 2. The fourth-order valence-electron chi connectivity index (χ4n) is 5.63. The lowest BCUT2D eigenvalue weighted by molar-refractivity contribution is -0.140. The molecule has 1 atom stereocenters. The van der Waals surface area contributed by atoms with Crippen molar-refractivity contribution in [2.75, 3.05) is 24.6 Å². The Balaban J connectivity index is 1.70. The van der Waals surface area contributed by atoms with Gasteiger partial charge in [-0.3, -0.25) is 13.9 Å². The molecule has 10 heteroatoms. The van der Waals surface area contributed by atoms with Crippen molar-refractivity contribution in [3.05, 3.63) is 83.9 Å². The standard InChI is InChI=1S/C35H45N3O6S/c1-5-33(35(40)36-28-10-8-7-9-11-28)37(24-27-14-18-30(43-4)19-15-27)34(39)25-38(29-16-20-31(21-17-29)44-6-2)45(41,42)32-22-12-26(3)13-23-32/h12-23,28,33H,5-11,24-25H2,1-4H3,(H,36,40)/t33-/m1/s1. The molecule has 3 aromatic carbocycles. The van der Waals surface area contributed by atoms with Crippen LogP contribution in [0.3, 0.4) is 0 Å². The number of carbonyl (C=O) groups excluding carboxylic acids is 2. The average Bonchev–Trinajstić information content (AvgIpc) is 3.05. The predicted octanol–water partition coefficient (Wildman–Crippen LogP) is 5.85. The lowest BCUT2D eigenvalue weighted by Gasteiger charge is -2.34. The minimum atomic E-state index is -4.15. The van der Waals surface area contributed by atoms with Gasteiger partial charge in [0.2, 0.25) is 11.8 Å². The van der Waals surface area contributed by atoms with Crippen molar-refractivity contribution in [2.45, 2.75) is 82.8 Å². The highest BCUT2D eigenvalue weighted by molar-refractivity contribution is 7.92. The molecule has 1 saturated carbocycles. The zero-order valence-corrected chi connectivity index (χ0v) is 27.5. The van der Waals surface area contributed by atoms with Crippen LogP contribution in [0.2, 0.25) is 0 Å². The second kappa shape index (κ2) is 15.8. The van der Waals surface area contributed by atoms with E-state index in [1.807, 2.05) is 32.9 Å². The van der Waals surface area contributed by atoms with E-state index < -0.39 is 28.5 Å². The molecule has 0 radical (unpaired) electrons. The first-order chi connectivity index (χ1) is 21.7. The Hall–Kier alpha value is -4.05. The minimum Gasteiger partial charge on any atom is -0.497 e. The normalized spacial score (nSPS) is 14.3. The average molecular weight is 636 g/mol. The largest absolute Gasteiger partial charge is 0.497 e. The highest BCUT2D eigenvalue weighted by atomic mass is 32.2. The molecule has 0 aliphatic heterocycles. The van der Waals surface area contributed by atoms with Crippen molar-refractivity contribution in [3.8, 4) is 11.5 Å². The van der Waals surface area contributed by atoms with E-state index in [9.17, 15) is 18.0 Å². The second-order valence-corrected chi connectivity index (χ2v) is 13.3. The fraction of sp³-hybridized carbons (Fsp3) is 0.429. The Labute approximate surface area is 267 Å². The first-order valence-electron chi connectivity index (χ1n) is 15.7. The molecule has 2 amide bonds. The number of benzene rings is 3. The molecule has 0 saturated heterocycles. The molecule has 3 aromatic rings. The highest BCUT2D eigenvalue weighted by Crippen LogP contribution is 2.27. The molecule has 0 heterocycles. The third-order valence-corrected chi connectivity index (χ3v) is 9.96. The number of anilines is 1. The quantitative estimate of drug-likeness (QED) is 0.238. The van der Waals surface area contributed by atoms with Crippen LogP contribution in [0.4, 0.5) is 5.69 Å². The van der Waals surface area contributed by atoms with Gasteiger partial charge in [-0.2, -0.15) is 0 Å². The molecule has 1 N–H and O–H groups in total. The van der Waals surface area contributed by atoms with E-state index in [0.717, 1.165) is 47.5 Å². The number of methoxy groups -OCH3 is 1.